The third-order valence-corrected chi connectivity index (χ3v) is 5.63. The van der Waals surface area contributed by atoms with Crippen molar-refractivity contribution in [1.29, 1.82) is 0 Å². The van der Waals surface area contributed by atoms with Crippen LogP contribution in [-0.2, 0) is 20.5 Å². The van der Waals surface area contributed by atoms with Crippen LogP contribution in [0.3, 0.4) is 0 Å². The Morgan fingerprint density at radius 1 is 1.12 bits per heavy atom. The van der Waals surface area contributed by atoms with Crippen molar-refractivity contribution in [2.45, 2.75) is 64.6 Å². The number of piperidine rings is 1. The summed E-state index contributed by atoms with van der Waals surface area (Å²) in [4.78, 5) is 14.4. The predicted octanol–water partition coefficient (Wildman–Crippen LogP) is 2.68. The van der Waals surface area contributed by atoms with Crippen molar-refractivity contribution in [3.8, 4) is 0 Å². The van der Waals surface area contributed by atoms with Gasteiger partial charge in [0.25, 0.3) is 0 Å². The molecule has 6 heteroatoms. The third kappa shape index (κ3) is 3.75. The summed E-state index contributed by atoms with van der Waals surface area (Å²) in [7, 11) is -0.755. The van der Waals surface area contributed by atoms with Crippen molar-refractivity contribution in [2.24, 2.45) is 0 Å². The van der Waals surface area contributed by atoms with Gasteiger partial charge in [-0.15, -0.1) is 0 Å². The molecule has 1 aromatic rings. The monoisotopic (exact) mass is 347 g/mol. The van der Waals surface area contributed by atoms with Gasteiger partial charge in [-0.2, -0.15) is 0 Å². The molecule has 0 saturated carbocycles. The highest BCUT2D eigenvalue weighted by molar-refractivity contribution is 6.62. The van der Waals surface area contributed by atoms with Crippen LogP contribution < -0.4 is 5.46 Å². The zero-order valence-corrected chi connectivity index (χ0v) is 15.6. The fourth-order valence-electron chi connectivity index (χ4n) is 3.28. The lowest BCUT2D eigenvalue weighted by molar-refractivity contribution is -0.131. The first-order chi connectivity index (χ1) is 11.7. The Labute approximate surface area is 149 Å². The molecule has 3 rings (SSSR count). The predicted molar refractivity (Wildman–Crippen MR) is 96.3 cm³/mol. The van der Waals surface area contributed by atoms with E-state index in [1.54, 1.807) is 12.1 Å². The third-order valence-electron chi connectivity index (χ3n) is 5.63. The molecule has 0 spiro atoms. The van der Waals surface area contributed by atoms with Gasteiger partial charge >= 0.3 is 7.12 Å². The lowest BCUT2D eigenvalue weighted by Gasteiger charge is -2.32. The minimum atomic E-state index is -0.755. The number of carbonyl (C=O) groups is 1. The van der Waals surface area contributed by atoms with E-state index in [9.17, 15) is 9.18 Å². The Balaban J connectivity index is 1.76. The maximum Gasteiger partial charge on any atom is 0.497 e. The number of likely N-dealkylation sites (tertiary alicyclic amines) is 1. The van der Waals surface area contributed by atoms with Crippen molar-refractivity contribution in [1.82, 2.24) is 4.90 Å². The molecule has 2 aliphatic rings. The first-order valence-corrected chi connectivity index (χ1v) is 9.11. The fraction of sp³-hybridized carbons (Fsp3) is 0.632. The second-order valence-corrected chi connectivity index (χ2v) is 8.06. The second-order valence-electron chi connectivity index (χ2n) is 8.06. The Hall–Kier alpha value is -1.40. The highest BCUT2D eigenvalue weighted by Crippen LogP contribution is 2.36. The Morgan fingerprint density at radius 3 is 2.32 bits per heavy atom. The number of benzene rings is 1. The highest BCUT2D eigenvalue weighted by Gasteiger charge is 2.52. The molecule has 2 saturated heterocycles. The summed E-state index contributed by atoms with van der Waals surface area (Å²) in [5, 5.41) is 0. The van der Waals surface area contributed by atoms with Crippen molar-refractivity contribution in [2.75, 3.05) is 13.1 Å². The lowest BCUT2D eigenvalue weighted by Crippen LogP contribution is -2.41. The van der Waals surface area contributed by atoms with Crippen LogP contribution in [0.1, 0.15) is 52.5 Å². The minimum Gasteiger partial charge on any atom is -0.399 e. The standard InChI is InChI=1S/C19H27BFNO3/c1-18(2)19(3,4)25-20(24-18)15-12-14(8-9-16(15)21)13-17(23)22-10-6-5-7-11-22/h8-9,12H,5-7,10-11,13H2,1-4H3. The summed E-state index contributed by atoms with van der Waals surface area (Å²) in [5.41, 5.74) is 0.109. The first kappa shape index (κ1) is 18.4. The van der Waals surface area contributed by atoms with Crippen molar-refractivity contribution >= 4 is 18.5 Å². The summed E-state index contributed by atoms with van der Waals surface area (Å²) in [6.45, 7) is 9.40. The molecule has 0 aromatic heterocycles. The number of amides is 1. The average molecular weight is 347 g/mol. The summed E-state index contributed by atoms with van der Waals surface area (Å²) in [6.07, 6.45) is 3.60. The Morgan fingerprint density at radius 2 is 1.72 bits per heavy atom. The van der Waals surface area contributed by atoms with E-state index in [1.165, 1.54) is 12.5 Å². The summed E-state index contributed by atoms with van der Waals surface area (Å²) < 4.78 is 26.3. The molecule has 1 aromatic carbocycles. The number of hydrogen-bond donors (Lipinski definition) is 0. The Bertz CT molecular complexity index is 640. The van der Waals surface area contributed by atoms with E-state index in [0.29, 0.717) is 5.46 Å². The minimum absolute atomic E-state index is 0.103. The molecular weight excluding hydrogens is 320 g/mol. The van der Waals surface area contributed by atoms with E-state index < -0.39 is 18.3 Å². The average Bonchev–Trinajstić information content (AvgIpc) is 2.78. The highest BCUT2D eigenvalue weighted by atomic mass is 19.1. The number of hydrogen-bond acceptors (Lipinski definition) is 3. The topological polar surface area (TPSA) is 38.8 Å². The molecule has 2 aliphatic heterocycles. The van der Waals surface area contributed by atoms with Gasteiger partial charge in [0, 0.05) is 18.6 Å². The molecule has 0 atom stereocenters. The van der Waals surface area contributed by atoms with Gasteiger partial charge in [0.15, 0.2) is 0 Å². The largest absolute Gasteiger partial charge is 0.497 e. The summed E-state index contributed by atoms with van der Waals surface area (Å²) in [6, 6.07) is 4.78. The maximum atomic E-state index is 14.4. The molecule has 25 heavy (non-hydrogen) atoms. The number of nitrogens with zero attached hydrogens (tertiary/aromatic N) is 1. The molecule has 136 valence electrons. The van der Waals surface area contributed by atoms with Crippen LogP contribution in [0.15, 0.2) is 18.2 Å². The van der Waals surface area contributed by atoms with E-state index in [1.807, 2.05) is 32.6 Å². The van der Waals surface area contributed by atoms with Gasteiger partial charge < -0.3 is 14.2 Å². The summed E-state index contributed by atoms with van der Waals surface area (Å²) in [5.74, 6) is -0.265. The zero-order valence-electron chi connectivity index (χ0n) is 15.6. The normalized spacial score (nSPS) is 22.3. The molecule has 1 amide bonds. The number of carbonyl (C=O) groups excluding carboxylic acids is 1. The van der Waals surface area contributed by atoms with Gasteiger partial charge in [0.05, 0.1) is 17.6 Å². The molecule has 0 N–H and O–H groups in total. The van der Waals surface area contributed by atoms with Crippen LogP contribution in [0, 0.1) is 5.82 Å². The number of halogens is 1. The van der Waals surface area contributed by atoms with Gasteiger partial charge in [-0.3, -0.25) is 4.79 Å². The van der Waals surface area contributed by atoms with Gasteiger partial charge in [-0.1, -0.05) is 12.1 Å². The van der Waals surface area contributed by atoms with Gasteiger partial charge in [0.2, 0.25) is 5.91 Å². The summed E-state index contributed by atoms with van der Waals surface area (Å²) >= 11 is 0. The molecule has 0 bridgehead atoms. The molecule has 0 radical (unpaired) electrons. The van der Waals surface area contributed by atoms with Crippen LogP contribution in [0.5, 0.6) is 0 Å². The smallest absolute Gasteiger partial charge is 0.399 e. The Kier molecular flexibility index (Phi) is 4.95. The van der Waals surface area contributed by atoms with Gasteiger partial charge in [0.1, 0.15) is 5.82 Å². The molecule has 0 unspecified atom stereocenters. The van der Waals surface area contributed by atoms with Crippen LogP contribution in [-0.4, -0.2) is 42.2 Å². The van der Waals surface area contributed by atoms with E-state index in [2.05, 4.69) is 0 Å². The maximum absolute atomic E-state index is 14.4. The quantitative estimate of drug-likeness (QED) is 0.790. The van der Waals surface area contributed by atoms with Crippen LogP contribution in [0.4, 0.5) is 4.39 Å². The van der Waals surface area contributed by atoms with Crippen LogP contribution >= 0.6 is 0 Å². The first-order valence-electron chi connectivity index (χ1n) is 9.11. The van der Waals surface area contributed by atoms with Crippen molar-refractivity contribution in [3.63, 3.8) is 0 Å². The van der Waals surface area contributed by atoms with Crippen LogP contribution in [0.2, 0.25) is 0 Å². The zero-order chi connectivity index (χ0) is 18.2. The lowest BCUT2D eigenvalue weighted by atomic mass is 9.77. The van der Waals surface area contributed by atoms with E-state index in [0.717, 1.165) is 31.5 Å². The van der Waals surface area contributed by atoms with E-state index in [-0.39, 0.29) is 18.1 Å². The van der Waals surface area contributed by atoms with E-state index in [4.69, 9.17) is 9.31 Å². The fourth-order valence-corrected chi connectivity index (χ4v) is 3.28. The second kappa shape index (κ2) is 6.73. The molecule has 0 aliphatic carbocycles. The van der Waals surface area contributed by atoms with Gasteiger partial charge in [-0.25, -0.2) is 4.39 Å². The van der Waals surface area contributed by atoms with Crippen molar-refractivity contribution in [3.05, 3.63) is 29.6 Å². The van der Waals surface area contributed by atoms with E-state index >= 15 is 0 Å². The SMILES string of the molecule is CC1(C)OB(c2cc(CC(=O)N3CCCCC3)ccc2F)OC1(C)C. The van der Waals surface area contributed by atoms with Gasteiger partial charge in [-0.05, 0) is 58.6 Å². The molecule has 2 fully saturated rings. The molecule has 2 heterocycles. The van der Waals surface area contributed by atoms with Crippen molar-refractivity contribution < 1.29 is 18.5 Å². The molecule has 4 nitrogen and oxygen atoms in total. The number of rotatable bonds is 3. The van der Waals surface area contributed by atoms with Crippen LogP contribution in [0.25, 0.3) is 0 Å². The molecular formula is C19H27BFNO3.